The van der Waals surface area contributed by atoms with Gasteiger partial charge in [-0.15, -0.1) is 0 Å². The van der Waals surface area contributed by atoms with Gasteiger partial charge in [-0.3, -0.25) is 4.79 Å². The van der Waals surface area contributed by atoms with Crippen molar-refractivity contribution < 1.29 is 9.90 Å². The number of hydrogen-bond acceptors (Lipinski definition) is 2. The third-order valence-corrected chi connectivity index (χ3v) is 2.51. The van der Waals surface area contributed by atoms with Crippen LogP contribution < -0.4 is 5.32 Å². The Morgan fingerprint density at radius 3 is 2.64 bits per heavy atom. The Balaban J connectivity index is 2.17. The Kier molecular flexibility index (Phi) is 1.46. The van der Waals surface area contributed by atoms with Gasteiger partial charge in [0.15, 0.2) is 0 Å². The highest BCUT2D eigenvalue weighted by atomic mass is 16.4. The number of carboxylic acids is 1. The van der Waals surface area contributed by atoms with E-state index in [4.69, 9.17) is 5.11 Å². The second-order valence-electron chi connectivity index (χ2n) is 3.26. The van der Waals surface area contributed by atoms with E-state index < -0.39 is 5.97 Å². The molecule has 3 nitrogen and oxygen atoms in total. The van der Waals surface area contributed by atoms with E-state index in [1.807, 2.05) is 6.08 Å². The summed E-state index contributed by atoms with van der Waals surface area (Å²) in [7, 11) is 0. The van der Waals surface area contributed by atoms with Gasteiger partial charge < -0.3 is 10.4 Å². The van der Waals surface area contributed by atoms with Gasteiger partial charge in [0.1, 0.15) is 0 Å². The van der Waals surface area contributed by atoms with Gasteiger partial charge in [0, 0.05) is 12.6 Å². The molecule has 60 valence electrons. The largest absolute Gasteiger partial charge is 0.481 e. The monoisotopic (exact) mass is 153 g/mol. The van der Waals surface area contributed by atoms with Crippen molar-refractivity contribution in [2.45, 2.75) is 12.5 Å². The number of nitrogens with one attached hydrogen (secondary N) is 1. The number of rotatable bonds is 1. The van der Waals surface area contributed by atoms with E-state index >= 15 is 0 Å². The molecule has 1 fully saturated rings. The first kappa shape index (κ1) is 6.85. The predicted molar refractivity (Wildman–Crippen MR) is 40.2 cm³/mol. The van der Waals surface area contributed by atoms with Crippen molar-refractivity contribution in [2.75, 3.05) is 6.54 Å². The van der Waals surface area contributed by atoms with Crippen LogP contribution in [-0.4, -0.2) is 23.7 Å². The van der Waals surface area contributed by atoms with Crippen molar-refractivity contribution in [3.05, 3.63) is 12.2 Å². The minimum atomic E-state index is -0.670. The molecule has 2 aliphatic heterocycles. The van der Waals surface area contributed by atoms with E-state index in [2.05, 4.69) is 11.4 Å². The van der Waals surface area contributed by atoms with Gasteiger partial charge in [-0.1, -0.05) is 12.2 Å². The third-order valence-electron chi connectivity index (χ3n) is 2.51. The molecule has 0 amide bonds. The highest BCUT2D eigenvalue weighted by Gasteiger charge is 2.35. The maximum absolute atomic E-state index is 10.7. The standard InChI is InChI=1S/C8H11NO2/c10-8(11)6-3-5-1-2-7(6)9-4-5/h1-2,5-7,9H,3-4H2,(H,10,11)/t5-,6+,7-/m0/s1. The highest BCUT2D eigenvalue weighted by Crippen LogP contribution is 2.28. The fraction of sp³-hybridized carbons (Fsp3) is 0.625. The number of hydrogen-bond donors (Lipinski definition) is 2. The molecule has 0 aromatic rings. The summed E-state index contributed by atoms with van der Waals surface area (Å²) < 4.78 is 0. The number of piperidine rings is 1. The second kappa shape index (κ2) is 2.34. The Labute approximate surface area is 65.1 Å². The summed E-state index contributed by atoms with van der Waals surface area (Å²) in [5.74, 6) is -0.420. The lowest BCUT2D eigenvalue weighted by Crippen LogP contribution is -2.49. The molecular weight excluding hydrogens is 142 g/mol. The van der Waals surface area contributed by atoms with Crippen molar-refractivity contribution >= 4 is 5.97 Å². The summed E-state index contributed by atoms with van der Waals surface area (Å²) >= 11 is 0. The molecular formula is C8H11NO2. The van der Waals surface area contributed by atoms with Crippen LogP contribution in [0.15, 0.2) is 12.2 Å². The number of carbonyl (C=O) groups is 1. The molecule has 3 heteroatoms. The minimum Gasteiger partial charge on any atom is -0.481 e. The Hall–Kier alpha value is -0.830. The molecule has 1 saturated heterocycles. The van der Waals surface area contributed by atoms with Crippen molar-refractivity contribution in [2.24, 2.45) is 11.8 Å². The summed E-state index contributed by atoms with van der Waals surface area (Å²) in [6.45, 7) is 0.949. The van der Waals surface area contributed by atoms with Gasteiger partial charge in [0.05, 0.1) is 5.92 Å². The van der Waals surface area contributed by atoms with Crippen LogP contribution in [0, 0.1) is 11.8 Å². The lowest BCUT2D eigenvalue weighted by atomic mass is 9.79. The van der Waals surface area contributed by atoms with Gasteiger partial charge in [-0.05, 0) is 12.3 Å². The van der Waals surface area contributed by atoms with Crippen LogP contribution in [0.4, 0.5) is 0 Å². The summed E-state index contributed by atoms with van der Waals surface area (Å²) in [5.41, 5.74) is 0. The van der Waals surface area contributed by atoms with E-state index in [-0.39, 0.29) is 12.0 Å². The van der Waals surface area contributed by atoms with E-state index in [1.165, 1.54) is 0 Å². The maximum atomic E-state index is 10.7. The zero-order valence-corrected chi connectivity index (χ0v) is 6.16. The van der Waals surface area contributed by atoms with Crippen molar-refractivity contribution in [1.82, 2.24) is 5.32 Å². The molecule has 0 aromatic carbocycles. The Morgan fingerprint density at radius 2 is 2.36 bits per heavy atom. The lowest BCUT2D eigenvalue weighted by Gasteiger charge is -2.36. The first-order chi connectivity index (χ1) is 5.27. The molecule has 3 aliphatic rings. The van der Waals surface area contributed by atoms with Crippen LogP contribution in [0.3, 0.4) is 0 Å². The van der Waals surface area contributed by atoms with E-state index in [1.54, 1.807) is 0 Å². The molecule has 0 aromatic heterocycles. The van der Waals surface area contributed by atoms with Crippen LogP contribution in [0.5, 0.6) is 0 Å². The summed E-state index contributed by atoms with van der Waals surface area (Å²) in [6.07, 6.45) is 4.92. The van der Waals surface area contributed by atoms with Crippen molar-refractivity contribution in [1.29, 1.82) is 0 Å². The molecule has 2 bridgehead atoms. The molecule has 0 saturated carbocycles. The zero-order valence-electron chi connectivity index (χ0n) is 6.16. The number of carboxylic acid groups (broad SMARTS) is 1. The SMILES string of the molecule is O=C(O)[C@@H]1C[C@@H]2C=C[C@@H]1NC2. The molecule has 0 unspecified atom stereocenters. The number of fused-ring (bicyclic) bond motifs is 2. The molecule has 3 rings (SSSR count). The fourth-order valence-corrected chi connectivity index (χ4v) is 1.87. The quantitative estimate of drug-likeness (QED) is 0.530. The van der Waals surface area contributed by atoms with Crippen LogP contribution in [0.25, 0.3) is 0 Å². The van der Waals surface area contributed by atoms with Crippen LogP contribution in [0.1, 0.15) is 6.42 Å². The normalized spacial score (nSPS) is 40.9. The highest BCUT2D eigenvalue weighted by molar-refractivity contribution is 5.72. The third kappa shape index (κ3) is 1.05. The molecule has 11 heavy (non-hydrogen) atoms. The fourth-order valence-electron chi connectivity index (χ4n) is 1.87. The second-order valence-corrected chi connectivity index (χ2v) is 3.26. The maximum Gasteiger partial charge on any atom is 0.308 e. The molecule has 3 atom stereocenters. The van der Waals surface area contributed by atoms with Gasteiger partial charge >= 0.3 is 5.97 Å². The molecule has 1 aliphatic carbocycles. The first-order valence-electron chi connectivity index (χ1n) is 3.92. The van der Waals surface area contributed by atoms with Gasteiger partial charge in [0.25, 0.3) is 0 Å². The minimum absolute atomic E-state index is 0.0810. The van der Waals surface area contributed by atoms with Crippen molar-refractivity contribution in [3.8, 4) is 0 Å². The molecule has 0 radical (unpaired) electrons. The zero-order chi connectivity index (χ0) is 7.84. The van der Waals surface area contributed by atoms with E-state index in [0.29, 0.717) is 5.92 Å². The molecule has 2 N–H and O–H groups in total. The summed E-state index contributed by atoms with van der Waals surface area (Å²) in [6, 6.07) is 0.0810. The van der Waals surface area contributed by atoms with Crippen LogP contribution in [0.2, 0.25) is 0 Å². The Morgan fingerprint density at radius 1 is 1.55 bits per heavy atom. The topological polar surface area (TPSA) is 49.3 Å². The average molecular weight is 153 g/mol. The summed E-state index contributed by atoms with van der Waals surface area (Å²) in [5, 5.41) is 12.0. The van der Waals surface area contributed by atoms with E-state index in [9.17, 15) is 4.79 Å². The molecule has 2 heterocycles. The van der Waals surface area contributed by atoms with Gasteiger partial charge in [-0.25, -0.2) is 0 Å². The van der Waals surface area contributed by atoms with E-state index in [0.717, 1.165) is 13.0 Å². The number of aliphatic carboxylic acids is 1. The molecule has 0 spiro atoms. The first-order valence-corrected chi connectivity index (χ1v) is 3.92. The smallest absolute Gasteiger partial charge is 0.308 e. The van der Waals surface area contributed by atoms with Crippen LogP contribution >= 0.6 is 0 Å². The van der Waals surface area contributed by atoms with Crippen molar-refractivity contribution in [3.63, 3.8) is 0 Å². The van der Waals surface area contributed by atoms with Gasteiger partial charge in [-0.2, -0.15) is 0 Å². The summed E-state index contributed by atoms with van der Waals surface area (Å²) in [4.78, 5) is 10.7. The Bertz CT molecular complexity index is 212. The lowest BCUT2D eigenvalue weighted by molar-refractivity contribution is -0.143. The average Bonchev–Trinajstić information content (AvgIpc) is 2.06. The van der Waals surface area contributed by atoms with Gasteiger partial charge in [0.2, 0.25) is 0 Å². The van der Waals surface area contributed by atoms with Crippen LogP contribution in [-0.2, 0) is 4.79 Å². The predicted octanol–water partition coefficient (Wildman–Crippen LogP) is 0.235.